The van der Waals surface area contributed by atoms with Gasteiger partial charge in [0, 0.05) is 4.47 Å². The third kappa shape index (κ3) is 6.97. The Hall–Kier alpha value is -0.990. The lowest BCUT2D eigenvalue weighted by Gasteiger charge is -2.15. The lowest BCUT2D eigenvalue weighted by atomic mass is 10.0. The molecular formula is C15H22BrNO2S. The summed E-state index contributed by atoms with van der Waals surface area (Å²) in [6.07, 6.45) is 9.08. The Morgan fingerprint density at radius 1 is 1.35 bits per heavy atom. The maximum absolute atomic E-state index is 11.4. The molecule has 0 saturated heterocycles. The molecule has 0 radical (unpaired) electrons. The highest BCUT2D eigenvalue weighted by Gasteiger charge is 2.16. The van der Waals surface area contributed by atoms with E-state index in [-0.39, 0.29) is 15.9 Å². The molecule has 1 rings (SSSR count). The van der Waals surface area contributed by atoms with Crippen LogP contribution in [-0.2, 0) is 4.74 Å². The van der Waals surface area contributed by atoms with Crippen molar-refractivity contribution in [3.05, 3.63) is 33.8 Å². The fourth-order valence-electron chi connectivity index (χ4n) is 1.22. The van der Waals surface area contributed by atoms with E-state index < -0.39 is 5.97 Å². The Bertz CT molecular complexity index is 498. The van der Waals surface area contributed by atoms with Crippen LogP contribution in [0.15, 0.2) is 22.7 Å². The summed E-state index contributed by atoms with van der Waals surface area (Å²) < 4.78 is 5.26. The average molecular weight is 360 g/mol. The van der Waals surface area contributed by atoms with Gasteiger partial charge < -0.3 is 4.74 Å². The number of rotatable bonds is 2. The first kappa shape index (κ1) is 19.0. The number of carbonyl (C=O) groups excluding carboxylic acids is 1. The SMILES string of the molecule is COC(=O)c1cccc(C(C)C#N)c1Br.CS(C)(C)C. The molecule has 0 amide bonds. The van der Waals surface area contributed by atoms with Gasteiger partial charge in [-0.25, -0.2) is 4.79 Å². The number of nitriles is 1. The number of methoxy groups -OCH3 is 1. The summed E-state index contributed by atoms with van der Waals surface area (Å²) in [5.41, 5.74) is 1.23. The second-order valence-electron chi connectivity index (χ2n) is 5.50. The van der Waals surface area contributed by atoms with Crippen molar-refractivity contribution in [2.24, 2.45) is 0 Å². The molecule has 0 N–H and O–H groups in total. The molecule has 1 aromatic rings. The number of ether oxygens (including phenoxy) is 1. The highest BCUT2D eigenvalue weighted by molar-refractivity contribution is 9.10. The molecule has 0 aliphatic heterocycles. The minimum atomic E-state index is -0.408. The van der Waals surface area contributed by atoms with E-state index in [2.05, 4.69) is 51.8 Å². The van der Waals surface area contributed by atoms with Crippen LogP contribution < -0.4 is 0 Å². The largest absolute Gasteiger partial charge is 0.465 e. The number of carbonyl (C=O) groups is 1. The normalized spacial score (nSPS) is 12.5. The molecule has 0 saturated carbocycles. The monoisotopic (exact) mass is 359 g/mol. The molecule has 0 spiro atoms. The van der Waals surface area contributed by atoms with Crippen LogP contribution in [0.5, 0.6) is 0 Å². The predicted molar refractivity (Wildman–Crippen MR) is 90.8 cm³/mol. The van der Waals surface area contributed by atoms with Crippen LogP contribution in [0.1, 0.15) is 28.8 Å². The van der Waals surface area contributed by atoms with E-state index in [0.717, 1.165) is 5.56 Å². The van der Waals surface area contributed by atoms with Crippen LogP contribution in [0.25, 0.3) is 0 Å². The predicted octanol–water partition coefficient (Wildman–Crippen LogP) is 4.17. The summed E-state index contributed by atoms with van der Waals surface area (Å²) in [5, 5.41) is 8.81. The van der Waals surface area contributed by atoms with Crippen molar-refractivity contribution in [1.82, 2.24) is 0 Å². The molecular weight excluding hydrogens is 338 g/mol. The number of nitrogens with zero attached hydrogens (tertiary/aromatic N) is 1. The highest BCUT2D eigenvalue weighted by atomic mass is 79.9. The summed E-state index contributed by atoms with van der Waals surface area (Å²) >= 11 is 3.31. The van der Waals surface area contributed by atoms with Crippen LogP contribution in [0, 0.1) is 11.3 Å². The third-order valence-electron chi connectivity index (χ3n) is 2.09. The van der Waals surface area contributed by atoms with Gasteiger partial charge in [0.1, 0.15) is 0 Å². The quantitative estimate of drug-likeness (QED) is 0.744. The number of hydrogen-bond donors (Lipinski definition) is 0. The molecule has 20 heavy (non-hydrogen) atoms. The third-order valence-corrected chi connectivity index (χ3v) is 2.98. The van der Waals surface area contributed by atoms with Gasteiger partial charge in [0.25, 0.3) is 0 Å². The minimum absolute atomic E-state index is 0.167. The zero-order valence-corrected chi connectivity index (χ0v) is 15.3. The van der Waals surface area contributed by atoms with E-state index in [0.29, 0.717) is 10.0 Å². The number of hydrogen-bond acceptors (Lipinski definition) is 3. The zero-order chi connectivity index (χ0) is 15.9. The minimum Gasteiger partial charge on any atom is -0.465 e. The summed E-state index contributed by atoms with van der Waals surface area (Å²) in [6, 6.07) is 7.33. The van der Waals surface area contributed by atoms with Gasteiger partial charge in [-0.15, -0.1) is 0 Å². The molecule has 0 heterocycles. The van der Waals surface area contributed by atoms with Crippen LogP contribution in [0.4, 0.5) is 0 Å². The highest BCUT2D eigenvalue weighted by Crippen LogP contribution is 2.28. The van der Waals surface area contributed by atoms with Crippen molar-refractivity contribution in [1.29, 1.82) is 5.26 Å². The summed E-state index contributed by atoms with van der Waals surface area (Å²) in [7, 11) is 1.16. The molecule has 0 bridgehead atoms. The Balaban J connectivity index is 0.000000621. The van der Waals surface area contributed by atoms with Crippen molar-refractivity contribution in [3.63, 3.8) is 0 Å². The molecule has 1 aromatic carbocycles. The second-order valence-corrected chi connectivity index (χ2v) is 11.2. The van der Waals surface area contributed by atoms with Gasteiger partial charge in [0.15, 0.2) is 0 Å². The van der Waals surface area contributed by atoms with E-state index >= 15 is 0 Å². The van der Waals surface area contributed by atoms with Crippen LogP contribution in [0.2, 0.25) is 0 Å². The standard InChI is InChI=1S/C11H10BrNO2.C4H12S/c1-7(6-13)8-4-3-5-9(10(8)12)11(14)15-2;1-5(2,3)4/h3-5,7H,1-2H3;1-4H3. The molecule has 1 unspecified atom stereocenters. The summed E-state index contributed by atoms with van der Waals surface area (Å²) in [4.78, 5) is 11.4. The van der Waals surface area contributed by atoms with Gasteiger partial charge in [-0.05, 0) is 59.5 Å². The van der Waals surface area contributed by atoms with Gasteiger partial charge in [-0.1, -0.05) is 12.1 Å². The first-order valence-corrected chi connectivity index (χ1v) is 10.1. The van der Waals surface area contributed by atoms with Crippen molar-refractivity contribution in [2.75, 3.05) is 32.1 Å². The lowest BCUT2D eigenvalue weighted by molar-refractivity contribution is 0.0599. The van der Waals surface area contributed by atoms with Gasteiger partial charge >= 0.3 is 5.97 Å². The lowest BCUT2D eigenvalue weighted by Crippen LogP contribution is -2.04. The Kier molecular flexibility index (Phi) is 7.92. The summed E-state index contributed by atoms with van der Waals surface area (Å²) in [5.74, 6) is -0.669. The number of benzene rings is 1. The van der Waals surface area contributed by atoms with Gasteiger partial charge in [-0.2, -0.15) is 5.26 Å². The molecule has 0 aliphatic rings. The first-order valence-electron chi connectivity index (χ1n) is 6.01. The van der Waals surface area contributed by atoms with Crippen molar-refractivity contribution in [2.45, 2.75) is 12.8 Å². The van der Waals surface area contributed by atoms with Crippen molar-refractivity contribution in [3.8, 4) is 6.07 Å². The van der Waals surface area contributed by atoms with Gasteiger partial charge in [0.05, 0.1) is 24.7 Å². The van der Waals surface area contributed by atoms with Crippen LogP contribution in [0.3, 0.4) is 0 Å². The maximum atomic E-state index is 11.4. The van der Waals surface area contributed by atoms with Crippen LogP contribution >= 0.6 is 26.0 Å². The fourth-order valence-corrected chi connectivity index (χ4v) is 1.99. The summed E-state index contributed by atoms with van der Waals surface area (Å²) in [6.45, 7) is 1.78. The number of esters is 1. The van der Waals surface area contributed by atoms with E-state index in [4.69, 9.17) is 5.26 Å². The smallest absolute Gasteiger partial charge is 0.339 e. The zero-order valence-electron chi connectivity index (χ0n) is 12.9. The van der Waals surface area contributed by atoms with Gasteiger partial charge in [0.2, 0.25) is 0 Å². The number of halogens is 1. The molecule has 5 heteroatoms. The second kappa shape index (κ2) is 8.33. The molecule has 0 aliphatic carbocycles. The van der Waals surface area contributed by atoms with E-state index in [9.17, 15) is 4.79 Å². The molecule has 1 atom stereocenters. The fraction of sp³-hybridized carbons (Fsp3) is 0.467. The topological polar surface area (TPSA) is 50.1 Å². The maximum Gasteiger partial charge on any atom is 0.339 e. The van der Waals surface area contributed by atoms with Gasteiger partial charge in [-0.3, -0.25) is 10.0 Å². The molecule has 0 aromatic heterocycles. The molecule has 0 fully saturated rings. The Morgan fingerprint density at radius 3 is 2.25 bits per heavy atom. The molecule has 112 valence electrons. The Labute approximate surface area is 131 Å². The van der Waals surface area contributed by atoms with Crippen molar-refractivity contribution >= 4 is 31.9 Å². The van der Waals surface area contributed by atoms with Crippen molar-refractivity contribution < 1.29 is 9.53 Å². The Morgan fingerprint density at radius 2 is 1.85 bits per heavy atom. The van der Waals surface area contributed by atoms with E-state index in [1.807, 2.05) is 6.07 Å². The van der Waals surface area contributed by atoms with E-state index in [1.54, 1.807) is 19.1 Å². The first-order chi connectivity index (χ1) is 9.11. The average Bonchev–Trinajstić information content (AvgIpc) is 2.35. The molecule has 3 nitrogen and oxygen atoms in total. The van der Waals surface area contributed by atoms with E-state index in [1.165, 1.54) is 7.11 Å². The van der Waals surface area contributed by atoms with Crippen LogP contribution in [-0.4, -0.2) is 38.1 Å².